The lowest BCUT2D eigenvalue weighted by atomic mass is 9.80. The van der Waals surface area contributed by atoms with E-state index in [1.165, 1.54) is 12.1 Å². The lowest BCUT2D eigenvalue weighted by molar-refractivity contribution is -0.121. The van der Waals surface area contributed by atoms with Gasteiger partial charge in [0, 0.05) is 12.3 Å². The van der Waals surface area contributed by atoms with Crippen LogP contribution in [0, 0.1) is 5.82 Å². The number of ketones is 1. The molecular weight excluding hydrogens is 215 g/mol. The molecular formula is C12H12ClFO. The third-order valence-electron chi connectivity index (χ3n) is 3.17. The van der Waals surface area contributed by atoms with Crippen molar-refractivity contribution < 1.29 is 9.18 Å². The van der Waals surface area contributed by atoms with Crippen molar-refractivity contribution in [2.24, 2.45) is 0 Å². The first kappa shape index (κ1) is 10.6. The first-order valence-corrected chi connectivity index (χ1v) is 5.58. The summed E-state index contributed by atoms with van der Waals surface area (Å²) in [5.41, 5.74) is 0.288. The highest BCUT2D eigenvalue weighted by Gasteiger charge is 2.42. The number of alkyl halides is 1. The number of hydrogen-bond donors (Lipinski definition) is 0. The SMILES string of the molecule is O=C1CCC[C@]1(CCl)c1ccc(F)cc1. The summed E-state index contributed by atoms with van der Waals surface area (Å²) >= 11 is 5.92. The summed E-state index contributed by atoms with van der Waals surface area (Å²) in [5.74, 6) is 0.190. The van der Waals surface area contributed by atoms with Crippen LogP contribution in [-0.2, 0) is 10.2 Å². The van der Waals surface area contributed by atoms with Crippen molar-refractivity contribution in [1.82, 2.24) is 0 Å². The van der Waals surface area contributed by atoms with Crippen molar-refractivity contribution in [3.63, 3.8) is 0 Å². The first-order valence-electron chi connectivity index (χ1n) is 5.04. The summed E-state index contributed by atoms with van der Waals surface area (Å²) in [5, 5.41) is 0. The van der Waals surface area contributed by atoms with E-state index in [-0.39, 0.29) is 17.5 Å². The van der Waals surface area contributed by atoms with E-state index in [4.69, 9.17) is 11.6 Å². The molecule has 0 amide bonds. The fraction of sp³-hybridized carbons (Fsp3) is 0.417. The second-order valence-electron chi connectivity index (χ2n) is 4.00. The zero-order valence-electron chi connectivity index (χ0n) is 8.30. The third kappa shape index (κ3) is 1.67. The lowest BCUT2D eigenvalue weighted by Gasteiger charge is -2.25. The van der Waals surface area contributed by atoms with Crippen LogP contribution in [0.2, 0.25) is 0 Å². The van der Waals surface area contributed by atoms with Crippen LogP contribution >= 0.6 is 11.6 Å². The van der Waals surface area contributed by atoms with Gasteiger partial charge < -0.3 is 0 Å². The first-order chi connectivity index (χ1) is 7.19. The van der Waals surface area contributed by atoms with Crippen LogP contribution in [0.5, 0.6) is 0 Å². The van der Waals surface area contributed by atoms with Gasteiger partial charge in [-0.25, -0.2) is 4.39 Å². The van der Waals surface area contributed by atoms with E-state index < -0.39 is 5.41 Å². The molecule has 0 unspecified atom stereocenters. The number of carbonyl (C=O) groups excluding carboxylic acids is 1. The van der Waals surface area contributed by atoms with E-state index in [0.29, 0.717) is 6.42 Å². The fourth-order valence-corrected chi connectivity index (χ4v) is 2.66. The monoisotopic (exact) mass is 226 g/mol. The number of rotatable bonds is 2. The maximum absolute atomic E-state index is 12.8. The molecule has 0 bridgehead atoms. The second kappa shape index (κ2) is 3.93. The maximum atomic E-state index is 12.8. The molecule has 1 atom stereocenters. The Kier molecular flexibility index (Phi) is 2.79. The molecule has 2 rings (SSSR count). The molecule has 0 aliphatic heterocycles. The molecule has 1 saturated carbocycles. The average Bonchev–Trinajstić information content (AvgIpc) is 2.62. The minimum absolute atomic E-state index is 0.184. The molecule has 0 aromatic heterocycles. The Morgan fingerprint density at radius 2 is 2.00 bits per heavy atom. The Morgan fingerprint density at radius 1 is 1.33 bits per heavy atom. The summed E-state index contributed by atoms with van der Waals surface area (Å²) in [6, 6.07) is 6.10. The molecule has 1 nitrogen and oxygen atoms in total. The predicted octanol–water partition coefficient (Wildman–Crippen LogP) is 3.06. The van der Waals surface area contributed by atoms with Gasteiger partial charge in [-0.2, -0.15) is 0 Å². The van der Waals surface area contributed by atoms with Crippen molar-refractivity contribution in [3.8, 4) is 0 Å². The standard InChI is InChI=1S/C12H12ClFO/c13-8-12(7-1-2-11(12)15)9-3-5-10(14)6-4-9/h3-6H,1-2,7-8H2/t12-/m0/s1. The summed E-state index contributed by atoms with van der Waals surface area (Å²) in [7, 11) is 0. The molecule has 1 aliphatic rings. The Morgan fingerprint density at radius 3 is 2.47 bits per heavy atom. The average molecular weight is 227 g/mol. The van der Waals surface area contributed by atoms with E-state index in [1.54, 1.807) is 12.1 Å². The van der Waals surface area contributed by atoms with E-state index in [2.05, 4.69) is 0 Å². The fourth-order valence-electron chi connectivity index (χ4n) is 2.22. The second-order valence-corrected chi connectivity index (χ2v) is 4.27. The maximum Gasteiger partial charge on any atom is 0.144 e. The van der Waals surface area contributed by atoms with E-state index in [9.17, 15) is 9.18 Å². The Hall–Kier alpha value is -0.890. The van der Waals surface area contributed by atoms with Gasteiger partial charge in [0.2, 0.25) is 0 Å². The van der Waals surface area contributed by atoms with Gasteiger partial charge in [0.25, 0.3) is 0 Å². The van der Waals surface area contributed by atoms with Crippen LogP contribution in [0.1, 0.15) is 24.8 Å². The van der Waals surface area contributed by atoms with Crippen LogP contribution in [0.4, 0.5) is 4.39 Å². The van der Waals surface area contributed by atoms with Gasteiger partial charge in [0.1, 0.15) is 11.6 Å². The van der Waals surface area contributed by atoms with Gasteiger partial charge >= 0.3 is 0 Å². The zero-order chi connectivity index (χ0) is 10.9. The van der Waals surface area contributed by atoms with Gasteiger partial charge in [-0.05, 0) is 30.5 Å². The van der Waals surface area contributed by atoms with Crippen molar-refractivity contribution >= 4 is 17.4 Å². The minimum atomic E-state index is -0.560. The molecule has 1 aromatic carbocycles. The summed E-state index contributed by atoms with van der Waals surface area (Å²) in [6.45, 7) is 0. The highest BCUT2D eigenvalue weighted by molar-refractivity contribution is 6.21. The molecule has 3 heteroatoms. The molecule has 1 aromatic rings. The topological polar surface area (TPSA) is 17.1 Å². The van der Waals surface area contributed by atoms with Crippen LogP contribution in [-0.4, -0.2) is 11.7 Å². The quantitative estimate of drug-likeness (QED) is 0.709. The van der Waals surface area contributed by atoms with Gasteiger partial charge in [0.05, 0.1) is 5.41 Å². The largest absolute Gasteiger partial charge is 0.299 e. The van der Waals surface area contributed by atoms with Crippen LogP contribution < -0.4 is 0 Å². The number of hydrogen-bond acceptors (Lipinski definition) is 1. The van der Waals surface area contributed by atoms with E-state index in [1.807, 2.05) is 0 Å². The number of halogens is 2. The van der Waals surface area contributed by atoms with Gasteiger partial charge in [-0.1, -0.05) is 12.1 Å². The van der Waals surface area contributed by atoms with Gasteiger partial charge in [-0.3, -0.25) is 4.79 Å². The molecule has 0 spiro atoms. The molecule has 0 radical (unpaired) electrons. The van der Waals surface area contributed by atoms with Gasteiger partial charge in [0.15, 0.2) is 0 Å². The van der Waals surface area contributed by atoms with Gasteiger partial charge in [-0.15, -0.1) is 11.6 Å². The molecule has 15 heavy (non-hydrogen) atoms. The summed E-state index contributed by atoms with van der Waals surface area (Å²) < 4.78 is 12.8. The number of carbonyl (C=O) groups is 1. The predicted molar refractivity (Wildman–Crippen MR) is 57.7 cm³/mol. The molecule has 80 valence electrons. The van der Waals surface area contributed by atoms with E-state index in [0.717, 1.165) is 18.4 Å². The Bertz CT molecular complexity index is 374. The zero-order valence-corrected chi connectivity index (χ0v) is 9.06. The lowest BCUT2D eigenvalue weighted by Crippen LogP contribution is -2.32. The highest BCUT2D eigenvalue weighted by atomic mass is 35.5. The minimum Gasteiger partial charge on any atom is -0.299 e. The van der Waals surface area contributed by atoms with Crippen LogP contribution in [0.25, 0.3) is 0 Å². The summed E-state index contributed by atoms with van der Waals surface area (Å²) in [6.07, 6.45) is 2.24. The highest BCUT2D eigenvalue weighted by Crippen LogP contribution is 2.39. The molecule has 1 aliphatic carbocycles. The van der Waals surface area contributed by atoms with Crippen molar-refractivity contribution in [3.05, 3.63) is 35.6 Å². The summed E-state index contributed by atoms with van der Waals surface area (Å²) in [4.78, 5) is 11.8. The smallest absolute Gasteiger partial charge is 0.144 e. The normalized spacial score (nSPS) is 25.9. The molecule has 0 heterocycles. The Balaban J connectivity index is 2.42. The van der Waals surface area contributed by atoms with Crippen LogP contribution in [0.3, 0.4) is 0 Å². The molecule has 1 fully saturated rings. The van der Waals surface area contributed by atoms with E-state index >= 15 is 0 Å². The van der Waals surface area contributed by atoms with Crippen molar-refractivity contribution in [2.45, 2.75) is 24.7 Å². The van der Waals surface area contributed by atoms with Crippen molar-refractivity contribution in [1.29, 1.82) is 0 Å². The number of benzene rings is 1. The Labute approximate surface area is 93.2 Å². The number of Topliss-reactive ketones (excluding diaryl/α,β-unsaturated/α-hetero) is 1. The molecule has 0 N–H and O–H groups in total. The molecule has 0 saturated heterocycles. The van der Waals surface area contributed by atoms with Crippen molar-refractivity contribution in [2.75, 3.05) is 5.88 Å². The van der Waals surface area contributed by atoms with Crippen LogP contribution in [0.15, 0.2) is 24.3 Å². The third-order valence-corrected chi connectivity index (χ3v) is 3.62.